The fraction of sp³-hybridized carbons (Fsp3) is 0.333. The summed E-state index contributed by atoms with van der Waals surface area (Å²) in [6.07, 6.45) is 4.35. The molecular formula is C15H17N3S. The summed E-state index contributed by atoms with van der Waals surface area (Å²) >= 11 is 5.24. The van der Waals surface area contributed by atoms with Crippen LogP contribution in [0, 0.1) is 4.77 Å². The maximum absolute atomic E-state index is 5.24. The van der Waals surface area contributed by atoms with Gasteiger partial charge >= 0.3 is 0 Å². The lowest BCUT2D eigenvalue weighted by Crippen LogP contribution is -2.07. The molecule has 19 heavy (non-hydrogen) atoms. The molecule has 4 heteroatoms. The number of nitrogens with zero attached hydrogens (tertiary/aromatic N) is 1. The minimum atomic E-state index is 0.569. The minimum absolute atomic E-state index is 0.569. The van der Waals surface area contributed by atoms with E-state index in [0.717, 1.165) is 25.2 Å². The number of aromatic nitrogens is 2. The molecule has 1 aromatic carbocycles. The van der Waals surface area contributed by atoms with Gasteiger partial charge in [0.2, 0.25) is 0 Å². The van der Waals surface area contributed by atoms with E-state index in [9.17, 15) is 0 Å². The van der Waals surface area contributed by atoms with Crippen LogP contribution < -0.4 is 5.32 Å². The number of rotatable bonds is 2. The molecule has 0 radical (unpaired) electrons. The monoisotopic (exact) mass is 271 g/mol. The quantitative estimate of drug-likeness (QED) is 0.822. The summed E-state index contributed by atoms with van der Waals surface area (Å²) in [7, 11) is 0. The normalized spacial score (nSPS) is 14.3. The molecule has 0 atom stereocenters. The van der Waals surface area contributed by atoms with Crippen molar-refractivity contribution in [1.29, 1.82) is 0 Å². The number of H-pyrrole nitrogens is 1. The SMILES string of the molecule is S=c1nc2c(c(Cc3ccccc3)[nH]1)CCCCN2. The summed E-state index contributed by atoms with van der Waals surface area (Å²) in [5.74, 6) is 0.979. The van der Waals surface area contributed by atoms with Crippen LogP contribution in [0.25, 0.3) is 0 Å². The number of nitrogens with one attached hydrogen (secondary N) is 2. The molecule has 1 aliphatic heterocycles. The number of hydrogen-bond acceptors (Lipinski definition) is 3. The van der Waals surface area contributed by atoms with Crippen LogP contribution in [-0.4, -0.2) is 16.5 Å². The van der Waals surface area contributed by atoms with Crippen LogP contribution in [0.15, 0.2) is 30.3 Å². The van der Waals surface area contributed by atoms with Crippen molar-refractivity contribution in [3.8, 4) is 0 Å². The highest BCUT2D eigenvalue weighted by atomic mass is 32.1. The van der Waals surface area contributed by atoms with Crippen molar-refractivity contribution in [2.45, 2.75) is 25.7 Å². The first kappa shape index (κ1) is 12.4. The van der Waals surface area contributed by atoms with Gasteiger partial charge in [0.25, 0.3) is 0 Å². The van der Waals surface area contributed by atoms with Crippen molar-refractivity contribution in [3.63, 3.8) is 0 Å². The second-order valence-electron chi connectivity index (χ2n) is 4.89. The van der Waals surface area contributed by atoms with Crippen molar-refractivity contribution in [3.05, 3.63) is 51.9 Å². The molecule has 2 N–H and O–H groups in total. The molecule has 1 aliphatic rings. The van der Waals surface area contributed by atoms with Crippen molar-refractivity contribution < 1.29 is 0 Å². The Morgan fingerprint density at radius 1 is 1.16 bits per heavy atom. The van der Waals surface area contributed by atoms with Gasteiger partial charge in [0.05, 0.1) is 0 Å². The molecule has 0 spiro atoms. The second kappa shape index (κ2) is 5.53. The molecule has 0 amide bonds. The third-order valence-electron chi connectivity index (χ3n) is 3.49. The Morgan fingerprint density at radius 2 is 2.00 bits per heavy atom. The Balaban J connectivity index is 2.01. The van der Waals surface area contributed by atoms with Crippen LogP contribution in [-0.2, 0) is 12.8 Å². The van der Waals surface area contributed by atoms with E-state index in [1.54, 1.807) is 0 Å². The predicted molar refractivity (Wildman–Crippen MR) is 80.1 cm³/mol. The van der Waals surface area contributed by atoms with Gasteiger partial charge in [-0.2, -0.15) is 0 Å². The first-order valence-electron chi connectivity index (χ1n) is 6.73. The number of anilines is 1. The molecule has 1 aromatic heterocycles. The highest BCUT2D eigenvalue weighted by Crippen LogP contribution is 2.23. The first-order valence-corrected chi connectivity index (χ1v) is 7.13. The smallest absolute Gasteiger partial charge is 0.198 e. The Labute approximate surface area is 118 Å². The summed E-state index contributed by atoms with van der Waals surface area (Å²) in [5.41, 5.74) is 3.80. The number of hydrogen-bond donors (Lipinski definition) is 2. The molecule has 3 nitrogen and oxygen atoms in total. The summed E-state index contributed by atoms with van der Waals surface area (Å²) in [6, 6.07) is 10.5. The predicted octanol–water partition coefficient (Wildman–Crippen LogP) is 3.48. The average molecular weight is 271 g/mol. The van der Waals surface area contributed by atoms with Crippen LogP contribution >= 0.6 is 12.2 Å². The lowest BCUT2D eigenvalue weighted by atomic mass is 10.0. The molecule has 98 valence electrons. The van der Waals surface area contributed by atoms with E-state index < -0.39 is 0 Å². The van der Waals surface area contributed by atoms with E-state index >= 15 is 0 Å². The van der Waals surface area contributed by atoms with Crippen LogP contribution in [0.1, 0.15) is 29.7 Å². The molecule has 0 aliphatic carbocycles. The van der Waals surface area contributed by atoms with Gasteiger partial charge in [-0.25, -0.2) is 4.98 Å². The highest BCUT2D eigenvalue weighted by molar-refractivity contribution is 7.71. The molecule has 0 fully saturated rings. The molecular weight excluding hydrogens is 254 g/mol. The lowest BCUT2D eigenvalue weighted by Gasteiger charge is -2.12. The zero-order valence-electron chi connectivity index (χ0n) is 10.8. The Bertz CT molecular complexity index is 619. The minimum Gasteiger partial charge on any atom is -0.370 e. The summed E-state index contributed by atoms with van der Waals surface area (Å²) in [4.78, 5) is 7.70. The van der Waals surface area contributed by atoms with Gasteiger partial charge in [0.1, 0.15) is 5.82 Å². The maximum atomic E-state index is 5.24. The largest absolute Gasteiger partial charge is 0.370 e. The topological polar surface area (TPSA) is 40.7 Å². The van der Waals surface area contributed by atoms with Crippen LogP contribution in [0.5, 0.6) is 0 Å². The fourth-order valence-electron chi connectivity index (χ4n) is 2.54. The zero-order chi connectivity index (χ0) is 13.1. The van der Waals surface area contributed by atoms with Crippen molar-refractivity contribution in [1.82, 2.24) is 9.97 Å². The van der Waals surface area contributed by atoms with Crippen molar-refractivity contribution in [2.75, 3.05) is 11.9 Å². The van der Waals surface area contributed by atoms with E-state index in [0.29, 0.717) is 4.77 Å². The molecule has 0 saturated carbocycles. The van der Waals surface area contributed by atoms with Gasteiger partial charge in [-0.15, -0.1) is 0 Å². The van der Waals surface area contributed by atoms with Gasteiger partial charge in [-0.3, -0.25) is 0 Å². The molecule has 0 bridgehead atoms. The van der Waals surface area contributed by atoms with Crippen molar-refractivity contribution >= 4 is 18.0 Å². The summed E-state index contributed by atoms with van der Waals surface area (Å²) < 4.78 is 0.569. The lowest BCUT2D eigenvalue weighted by molar-refractivity contribution is 0.777. The Morgan fingerprint density at radius 3 is 2.84 bits per heavy atom. The van der Waals surface area contributed by atoms with E-state index in [2.05, 4.69) is 39.6 Å². The van der Waals surface area contributed by atoms with Gasteiger partial charge in [-0.1, -0.05) is 30.3 Å². The fourth-order valence-corrected chi connectivity index (χ4v) is 2.76. The van der Waals surface area contributed by atoms with Crippen LogP contribution in [0.2, 0.25) is 0 Å². The van der Waals surface area contributed by atoms with E-state index in [4.69, 9.17) is 12.2 Å². The van der Waals surface area contributed by atoms with Crippen LogP contribution in [0.4, 0.5) is 5.82 Å². The molecule has 2 aromatic rings. The third kappa shape index (κ3) is 2.84. The number of aromatic amines is 1. The van der Waals surface area contributed by atoms with Gasteiger partial charge in [-0.05, 0) is 37.0 Å². The van der Waals surface area contributed by atoms with E-state index in [1.165, 1.54) is 29.7 Å². The second-order valence-corrected chi connectivity index (χ2v) is 5.28. The maximum Gasteiger partial charge on any atom is 0.198 e. The third-order valence-corrected chi connectivity index (χ3v) is 3.68. The Hall–Kier alpha value is -1.68. The number of benzene rings is 1. The van der Waals surface area contributed by atoms with Crippen molar-refractivity contribution in [2.24, 2.45) is 0 Å². The summed E-state index contributed by atoms with van der Waals surface area (Å²) in [6.45, 7) is 0.990. The number of fused-ring (bicyclic) bond motifs is 1. The van der Waals surface area contributed by atoms with Crippen LogP contribution in [0.3, 0.4) is 0 Å². The molecule has 3 rings (SSSR count). The van der Waals surface area contributed by atoms with E-state index in [1.807, 2.05) is 6.07 Å². The summed E-state index contributed by atoms with van der Waals surface area (Å²) in [5, 5.41) is 3.39. The Kier molecular flexibility index (Phi) is 3.60. The molecule has 0 unspecified atom stereocenters. The molecule has 0 saturated heterocycles. The average Bonchev–Trinajstić information content (AvgIpc) is 2.65. The van der Waals surface area contributed by atoms with Gasteiger partial charge < -0.3 is 10.3 Å². The zero-order valence-corrected chi connectivity index (χ0v) is 11.6. The van der Waals surface area contributed by atoms with E-state index in [-0.39, 0.29) is 0 Å². The molecule has 2 heterocycles. The van der Waals surface area contributed by atoms with Gasteiger partial charge in [0, 0.05) is 24.2 Å². The first-order chi connectivity index (χ1) is 9.33. The standard InChI is InChI=1S/C15H17N3S/c19-15-17-13(10-11-6-2-1-3-7-11)12-8-4-5-9-16-14(12)18-15/h1-3,6-7H,4-5,8-10H2,(H2,16,17,18,19). The van der Waals surface area contributed by atoms with Gasteiger partial charge in [0.15, 0.2) is 4.77 Å². The highest BCUT2D eigenvalue weighted by Gasteiger charge is 2.14.